The van der Waals surface area contributed by atoms with Gasteiger partial charge < -0.3 is 15.2 Å². The predicted octanol–water partition coefficient (Wildman–Crippen LogP) is 2.07. The first-order valence-corrected chi connectivity index (χ1v) is 4.68. The quantitative estimate of drug-likeness (QED) is 0.795. The summed E-state index contributed by atoms with van der Waals surface area (Å²) in [5.74, 6) is 0.265. The third-order valence-corrected chi connectivity index (χ3v) is 2.24. The summed E-state index contributed by atoms with van der Waals surface area (Å²) in [6, 6.07) is 3.05. The zero-order valence-corrected chi connectivity index (χ0v) is 8.25. The molecule has 0 bridgehead atoms. The van der Waals surface area contributed by atoms with Crippen LogP contribution in [0.25, 0.3) is 0 Å². The lowest BCUT2D eigenvalue weighted by molar-refractivity contribution is -0.137. The Kier molecular flexibility index (Phi) is 2.67. The summed E-state index contributed by atoms with van der Waals surface area (Å²) < 4.78 is 47.2. The Balaban J connectivity index is 2.15. The molecular formula is C10H10F3NO2. The number of benzene rings is 1. The maximum atomic E-state index is 12.3. The van der Waals surface area contributed by atoms with Crippen LogP contribution >= 0.6 is 0 Å². The topological polar surface area (TPSA) is 44.5 Å². The second-order valence-electron chi connectivity index (χ2n) is 3.53. The van der Waals surface area contributed by atoms with Crippen LogP contribution in [0.3, 0.4) is 0 Å². The first-order valence-electron chi connectivity index (χ1n) is 4.68. The van der Waals surface area contributed by atoms with Crippen LogP contribution in [0.1, 0.15) is 5.56 Å². The molecule has 1 heterocycles. The Labute approximate surface area is 89.9 Å². The fourth-order valence-electron chi connectivity index (χ4n) is 1.29. The third-order valence-electron chi connectivity index (χ3n) is 2.24. The van der Waals surface area contributed by atoms with Gasteiger partial charge in [-0.25, -0.2) is 0 Å². The molecule has 6 heteroatoms. The van der Waals surface area contributed by atoms with Crippen LogP contribution in [-0.2, 0) is 10.9 Å². The van der Waals surface area contributed by atoms with Gasteiger partial charge in [0.1, 0.15) is 11.9 Å². The molecule has 1 aromatic rings. The summed E-state index contributed by atoms with van der Waals surface area (Å²) in [6.07, 6.45) is -4.49. The van der Waals surface area contributed by atoms with Crippen molar-refractivity contribution in [2.24, 2.45) is 0 Å². The van der Waals surface area contributed by atoms with Crippen molar-refractivity contribution in [1.82, 2.24) is 0 Å². The monoisotopic (exact) mass is 233 g/mol. The molecule has 0 saturated carbocycles. The van der Waals surface area contributed by atoms with Crippen LogP contribution in [0.4, 0.5) is 18.9 Å². The molecular weight excluding hydrogens is 223 g/mol. The molecule has 0 unspecified atom stereocenters. The minimum atomic E-state index is -4.38. The van der Waals surface area contributed by atoms with E-state index in [1.165, 1.54) is 6.07 Å². The molecule has 0 atom stereocenters. The van der Waals surface area contributed by atoms with E-state index in [-0.39, 0.29) is 17.5 Å². The lowest BCUT2D eigenvalue weighted by Crippen LogP contribution is -2.38. The molecule has 0 amide bonds. The summed E-state index contributed by atoms with van der Waals surface area (Å²) in [5.41, 5.74) is 4.69. The number of nitrogens with two attached hydrogens (primary N) is 1. The second-order valence-corrected chi connectivity index (χ2v) is 3.53. The fraction of sp³-hybridized carbons (Fsp3) is 0.400. The summed E-state index contributed by atoms with van der Waals surface area (Å²) in [4.78, 5) is 0. The van der Waals surface area contributed by atoms with E-state index in [9.17, 15) is 13.2 Å². The van der Waals surface area contributed by atoms with E-state index in [0.717, 1.165) is 12.1 Å². The van der Waals surface area contributed by atoms with Gasteiger partial charge in [0, 0.05) is 0 Å². The molecule has 1 aliphatic heterocycles. The highest BCUT2D eigenvalue weighted by atomic mass is 19.4. The molecule has 88 valence electrons. The van der Waals surface area contributed by atoms with Crippen molar-refractivity contribution < 1.29 is 22.6 Å². The molecule has 1 fully saturated rings. The molecule has 0 aliphatic carbocycles. The number of hydrogen-bond acceptors (Lipinski definition) is 3. The molecule has 0 radical (unpaired) electrons. The number of halogens is 3. The van der Waals surface area contributed by atoms with Gasteiger partial charge in [0.15, 0.2) is 0 Å². The number of anilines is 1. The largest absolute Gasteiger partial charge is 0.483 e. The smallest absolute Gasteiger partial charge is 0.416 e. The van der Waals surface area contributed by atoms with Crippen molar-refractivity contribution in [2.75, 3.05) is 18.9 Å². The highest BCUT2D eigenvalue weighted by molar-refractivity contribution is 5.54. The number of ether oxygens (including phenoxy) is 2. The van der Waals surface area contributed by atoms with Crippen LogP contribution in [0, 0.1) is 0 Å². The van der Waals surface area contributed by atoms with E-state index in [1.807, 2.05) is 0 Å². The van der Waals surface area contributed by atoms with Gasteiger partial charge in [-0.3, -0.25) is 0 Å². The maximum Gasteiger partial charge on any atom is 0.416 e. The van der Waals surface area contributed by atoms with Crippen LogP contribution in [0.5, 0.6) is 5.75 Å². The van der Waals surface area contributed by atoms with Gasteiger partial charge in [-0.1, -0.05) is 0 Å². The van der Waals surface area contributed by atoms with Gasteiger partial charge in [0.2, 0.25) is 0 Å². The van der Waals surface area contributed by atoms with Crippen LogP contribution in [-0.4, -0.2) is 19.3 Å². The van der Waals surface area contributed by atoms with E-state index < -0.39 is 11.7 Å². The number of rotatable bonds is 2. The molecule has 1 saturated heterocycles. The van der Waals surface area contributed by atoms with E-state index in [0.29, 0.717) is 13.2 Å². The molecule has 2 rings (SSSR count). The van der Waals surface area contributed by atoms with Crippen molar-refractivity contribution in [3.63, 3.8) is 0 Å². The highest BCUT2D eigenvalue weighted by Gasteiger charge is 2.31. The standard InChI is InChI=1S/C10H10F3NO2/c11-10(12,13)6-1-2-9(8(14)3-6)16-7-4-15-5-7/h1-3,7H,4-5,14H2. The van der Waals surface area contributed by atoms with Gasteiger partial charge >= 0.3 is 6.18 Å². The van der Waals surface area contributed by atoms with E-state index in [4.69, 9.17) is 15.2 Å². The minimum absolute atomic E-state index is 0.0123. The zero-order chi connectivity index (χ0) is 11.8. The third kappa shape index (κ3) is 2.21. The number of hydrogen-bond donors (Lipinski definition) is 1. The Hall–Kier alpha value is -1.43. The van der Waals surface area contributed by atoms with E-state index in [1.54, 1.807) is 0 Å². The summed E-state index contributed by atoms with van der Waals surface area (Å²) >= 11 is 0. The van der Waals surface area contributed by atoms with Gasteiger partial charge in [-0.15, -0.1) is 0 Å². The van der Waals surface area contributed by atoms with Crippen LogP contribution < -0.4 is 10.5 Å². The molecule has 16 heavy (non-hydrogen) atoms. The SMILES string of the molecule is Nc1cc(C(F)(F)F)ccc1OC1COC1. The molecule has 3 nitrogen and oxygen atoms in total. The fourth-order valence-corrected chi connectivity index (χ4v) is 1.29. The minimum Gasteiger partial charge on any atom is -0.483 e. The van der Waals surface area contributed by atoms with Gasteiger partial charge in [-0.2, -0.15) is 13.2 Å². The molecule has 1 aromatic carbocycles. The van der Waals surface area contributed by atoms with E-state index in [2.05, 4.69) is 0 Å². The normalized spacial score (nSPS) is 16.9. The first-order chi connectivity index (χ1) is 7.47. The lowest BCUT2D eigenvalue weighted by Gasteiger charge is -2.27. The summed E-state index contributed by atoms with van der Waals surface area (Å²) in [5, 5.41) is 0. The molecule has 1 aliphatic rings. The number of nitrogen functional groups attached to an aromatic ring is 1. The van der Waals surface area contributed by atoms with Crippen molar-refractivity contribution >= 4 is 5.69 Å². The number of alkyl halides is 3. The Bertz CT molecular complexity index is 388. The Morgan fingerprint density at radius 2 is 2.00 bits per heavy atom. The predicted molar refractivity (Wildman–Crippen MR) is 51.1 cm³/mol. The van der Waals surface area contributed by atoms with Crippen LogP contribution in [0.2, 0.25) is 0 Å². The summed E-state index contributed by atoms with van der Waals surface area (Å²) in [7, 11) is 0. The lowest BCUT2D eigenvalue weighted by atomic mass is 10.2. The average molecular weight is 233 g/mol. The Morgan fingerprint density at radius 1 is 1.31 bits per heavy atom. The highest BCUT2D eigenvalue weighted by Crippen LogP contribution is 2.34. The van der Waals surface area contributed by atoms with Crippen molar-refractivity contribution in [3.05, 3.63) is 23.8 Å². The summed E-state index contributed by atoms with van der Waals surface area (Å²) in [6.45, 7) is 0.890. The zero-order valence-electron chi connectivity index (χ0n) is 8.25. The first kappa shape index (κ1) is 11.1. The molecule has 0 spiro atoms. The molecule has 0 aromatic heterocycles. The molecule has 2 N–H and O–H groups in total. The van der Waals surface area contributed by atoms with Crippen molar-refractivity contribution in [2.45, 2.75) is 12.3 Å². The van der Waals surface area contributed by atoms with E-state index >= 15 is 0 Å². The van der Waals surface area contributed by atoms with Crippen molar-refractivity contribution in [1.29, 1.82) is 0 Å². The van der Waals surface area contributed by atoms with Gasteiger partial charge in [0.25, 0.3) is 0 Å². The van der Waals surface area contributed by atoms with Crippen LogP contribution in [0.15, 0.2) is 18.2 Å². The second kappa shape index (κ2) is 3.86. The average Bonchev–Trinajstić information content (AvgIpc) is 2.11. The Morgan fingerprint density at radius 3 is 2.44 bits per heavy atom. The van der Waals surface area contributed by atoms with Gasteiger partial charge in [-0.05, 0) is 18.2 Å². The maximum absolute atomic E-state index is 12.3. The van der Waals surface area contributed by atoms with Gasteiger partial charge in [0.05, 0.1) is 24.5 Å². The van der Waals surface area contributed by atoms with Crippen molar-refractivity contribution in [3.8, 4) is 5.75 Å².